The fourth-order valence-corrected chi connectivity index (χ4v) is 4.13. The summed E-state index contributed by atoms with van der Waals surface area (Å²) in [6.07, 6.45) is 1.22. The zero-order chi connectivity index (χ0) is 16.7. The van der Waals surface area contributed by atoms with Crippen LogP contribution < -0.4 is 10.2 Å². The topological polar surface area (TPSA) is 15.3 Å². The summed E-state index contributed by atoms with van der Waals surface area (Å²) in [6, 6.07) is 5.93. The molecule has 1 heterocycles. The van der Waals surface area contributed by atoms with E-state index >= 15 is 0 Å². The van der Waals surface area contributed by atoms with E-state index in [9.17, 15) is 0 Å². The Bertz CT molecular complexity index is 529. The second-order valence-electron chi connectivity index (χ2n) is 8.25. The Morgan fingerprint density at radius 1 is 1.23 bits per heavy atom. The van der Waals surface area contributed by atoms with E-state index < -0.39 is 0 Å². The third-order valence-electron chi connectivity index (χ3n) is 4.95. The highest BCUT2D eigenvalue weighted by Crippen LogP contribution is 2.45. The second kappa shape index (κ2) is 6.23. The predicted octanol–water partition coefficient (Wildman–Crippen LogP) is 4.99. The molecule has 1 aromatic carbocycles. The Morgan fingerprint density at radius 2 is 1.86 bits per heavy atom. The summed E-state index contributed by atoms with van der Waals surface area (Å²) in [7, 11) is 0. The van der Waals surface area contributed by atoms with Gasteiger partial charge in [0.1, 0.15) is 0 Å². The summed E-state index contributed by atoms with van der Waals surface area (Å²) in [6.45, 7) is 19.4. The minimum Gasteiger partial charge on any atom is -0.364 e. The van der Waals surface area contributed by atoms with E-state index in [1.807, 2.05) is 0 Å². The molecule has 0 bridgehead atoms. The van der Waals surface area contributed by atoms with Crippen LogP contribution in [0, 0.1) is 6.92 Å². The van der Waals surface area contributed by atoms with Crippen molar-refractivity contribution in [2.45, 2.75) is 91.9 Å². The lowest BCUT2D eigenvalue weighted by atomic mass is 9.78. The molecule has 0 spiro atoms. The normalized spacial score (nSPS) is 20.6. The van der Waals surface area contributed by atoms with E-state index in [2.05, 4.69) is 77.7 Å². The molecule has 2 rings (SSSR count). The van der Waals surface area contributed by atoms with Gasteiger partial charge in [-0.2, -0.15) is 0 Å². The van der Waals surface area contributed by atoms with E-state index in [-0.39, 0.29) is 5.54 Å². The molecule has 1 aliphatic heterocycles. The highest BCUT2D eigenvalue weighted by atomic mass is 15.2. The first-order valence-electron chi connectivity index (χ1n) is 8.79. The molecular formula is C20H34N2. The molecular weight excluding hydrogens is 268 g/mol. The van der Waals surface area contributed by atoms with Crippen molar-refractivity contribution in [2.24, 2.45) is 0 Å². The lowest BCUT2D eigenvalue weighted by molar-refractivity contribution is 0.355. The van der Waals surface area contributed by atoms with E-state index in [4.69, 9.17) is 0 Å². The molecule has 1 aliphatic rings. The van der Waals surface area contributed by atoms with E-state index in [0.29, 0.717) is 18.0 Å². The molecule has 1 N–H and O–H groups in total. The molecule has 22 heavy (non-hydrogen) atoms. The first kappa shape index (κ1) is 17.3. The SMILES string of the molecule is Cc1cc2c(cc1CNC(C)C)[C@@H](C)CC(C)(C)N2C(C)C. The Balaban J connectivity index is 2.46. The molecule has 0 saturated heterocycles. The van der Waals surface area contributed by atoms with Gasteiger partial charge in [0.25, 0.3) is 0 Å². The van der Waals surface area contributed by atoms with Crippen molar-refractivity contribution in [2.75, 3.05) is 4.90 Å². The van der Waals surface area contributed by atoms with E-state index in [1.165, 1.54) is 28.8 Å². The molecule has 124 valence electrons. The van der Waals surface area contributed by atoms with Crippen LogP contribution in [-0.4, -0.2) is 17.6 Å². The first-order chi connectivity index (χ1) is 10.1. The zero-order valence-corrected chi connectivity index (χ0v) is 15.7. The fourth-order valence-electron chi connectivity index (χ4n) is 4.13. The summed E-state index contributed by atoms with van der Waals surface area (Å²) in [5.41, 5.74) is 6.05. The number of nitrogens with one attached hydrogen (secondary N) is 1. The van der Waals surface area contributed by atoms with Crippen molar-refractivity contribution in [3.05, 3.63) is 28.8 Å². The van der Waals surface area contributed by atoms with Gasteiger partial charge in [0, 0.05) is 29.9 Å². The van der Waals surface area contributed by atoms with Gasteiger partial charge in [-0.3, -0.25) is 0 Å². The first-order valence-corrected chi connectivity index (χ1v) is 8.79. The molecule has 0 unspecified atom stereocenters. The monoisotopic (exact) mass is 302 g/mol. The number of hydrogen-bond acceptors (Lipinski definition) is 2. The molecule has 0 aliphatic carbocycles. The minimum absolute atomic E-state index is 0.227. The van der Waals surface area contributed by atoms with Gasteiger partial charge in [0.15, 0.2) is 0 Å². The highest BCUT2D eigenvalue weighted by Gasteiger charge is 2.37. The van der Waals surface area contributed by atoms with Gasteiger partial charge in [-0.25, -0.2) is 0 Å². The smallest absolute Gasteiger partial charge is 0.0411 e. The van der Waals surface area contributed by atoms with Crippen LogP contribution in [0.5, 0.6) is 0 Å². The Kier molecular flexibility index (Phi) is 4.91. The second-order valence-corrected chi connectivity index (χ2v) is 8.25. The summed E-state index contributed by atoms with van der Waals surface area (Å²) in [5, 5.41) is 3.56. The van der Waals surface area contributed by atoms with Crippen LogP contribution in [-0.2, 0) is 6.54 Å². The predicted molar refractivity (Wildman–Crippen MR) is 97.9 cm³/mol. The Hall–Kier alpha value is -1.02. The number of rotatable bonds is 4. The Labute approximate surface area is 137 Å². The Morgan fingerprint density at radius 3 is 2.41 bits per heavy atom. The molecule has 1 atom stereocenters. The molecule has 0 aromatic heterocycles. The van der Waals surface area contributed by atoms with Gasteiger partial charge >= 0.3 is 0 Å². The van der Waals surface area contributed by atoms with Gasteiger partial charge in [-0.05, 0) is 69.7 Å². The van der Waals surface area contributed by atoms with Crippen LogP contribution >= 0.6 is 0 Å². The van der Waals surface area contributed by atoms with Gasteiger partial charge < -0.3 is 10.2 Å². The van der Waals surface area contributed by atoms with Crippen molar-refractivity contribution in [1.29, 1.82) is 0 Å². The van der Waals surface area contributed by atoms with Crippen LogP contribution in [0.25, 0.3) is 0 Å². The molecule has 2 nitrogen and oxygen atoms in total. The lowest BCUT2D eigenvalue weighted by Crippen LogP contribution is -2.51. The van der Waals surface area contributed by atoms with Crippen LogP contribution in [0.1, 0.15) is 77.5 Å². The summed E-state index contributed by atoms with van der Waals surface area (Å²) < 4.78 is 0. The van der Waals surface area contributed by atoms with Crippen molar-refractivity contribution >= 4 is 5.69 Å². The number of nitrogens with zero attached hydrogens (tertiary/aromatic N) is 1. The number of hydrogen-bond donors (Lipinski definition) is 1. The average Bonchev–Trinajstić information content (AvgIpc) is 2.34. The molecule has 0 fully saturated rings. The number of anilines is 1. The largest absolute Gasteiger partial charge is 0.364 e. The fraction of sp³-hybridized carbons (Fsp3) is 0.700. The maximum absolute atomic E-state index is 3.56. The maximum Gasteiger partial charge on any atom is 0.0411 e. The van der Waals surface area contributed by atoms with Crippen LogP contribution in [0.4, 0.5) is 5.69 Å². The lowest BCUT2D eigenvalue weighted by Gasteiger charge is -2.50. The van der Waals surface area contributed by atoms with Gasteiger partial charge in [-0.15, -0.1) is 0 Å². The maximum atomic E-state index is 3.56. The van der Waals surface area contributed by atoms with Crippen molar-refractivity contribution < 1.29 is 0 Å². The van der Waals surface area contributed by atoms with Gasteiger partial charge in [0.05, 0.1) is 0 Å². The van der Waals surface area contributed by atoms with E-state index in [0.717, 1.165) is 6.54 Å². The van der Waals surface area contributed by atoms with Crippen LogP contribution in [0.15, 0.2) is 12.1 Å². The molecule has 0 saturated carbocycles. The summed E-state index contributed by atoms with van der Waals surface area (Å²) in [4.78, 5) is 2.62. The van der Waals surface area contributed by atoms with Crippen molar-refractivity contribution in [3.8, 4) is 0 Å². The molecule has 0 radical (unpaired) electrons. The summed E-state index contributed by atoms with van der Waals surface area (Å²) in [5.74, 6) is 0.624. The number of aryl methyl sites for hydroxylation is 1. The third-order valence-corrected chi connectivity index (χ3v) is 4.95. The molecule has 1 aromatic rings. The van der Waals surface area contributed by atoms with Crippen molar-refractivity contribution in [1.82, 2.24) is 5.32 Å². The number of benzene rings is 1. The standard InChI is InChI=1S/C20H34N2/c1-13(2)21-12-17-10-18-16(6)11-20(7,8)22(14(3)4)19(18)9-15(17)5/h9-10,13-14,16,21H,11-12H2,1-8H3/t16-/m0/s1. The third kappa shape index (κ3) is 3.32. The molecule has 2 heteroatoms. The quantitative estimate of drug-likeness (QED) is 0.842. The van der Waals surface area contributed by atoms with Gasteiger partial charge in [-0.1, -0.05) is 26.8 Å². The number of fused-ring (bicyclic) bond motifs is 1. The van der Waals surface area contributed by atoms with Crippen LogP contribution in [0.3, 0.4) is 0 Å². The van der Waals surface area contributed by atoms with Gasteiger partial charge in [0.2, 0.25) is 0 Å². The average molecular weight is 303 g/mol. The summed E-state index contributed by atoms with van der Waals surface area (Å²) >= 11 is 0. The zero-order valence-electron chi connectivity index (χ0n) is 15.7. The van der Waals surface area contributed by atoms with E-state index in [1.54, 1.807) is 0 Å². The minimum atomic E-state index is 0.227. The molecule has 0 amide bonds. The van der Waals surface area contributed by atoms with Crippen LogP contribution in [0.2, 0.25) is 0 Å². The van der Waals surface area contributed by atoms with Crippen molar-refractivity contribution in [3.63, 3.8) is 0 Å². The highest BCUT2D eigenvalue weighted by molar-refractivity contribution is 5.63.